The van der Waals surface area contributed by atoms with Crippen LogP contribution in [0.4, 0.5) is 0 Å². The second-order valence-corrected chi connectivity index (χ2v) is 7.09. The fourth-order valence-corrected chi connectivity index (χ4v) is 3.01. The number of benzene rings is 2. The summed E-state index contributed by atoms with van der Waals surface area (Å²) in [5.41, 5.74) is 2.93. The molecule has 0 bridgehead atoms. The Morgan fingerprint density at radius 1 is 1.00 bits per heavy atom. The van der Waals surface area contributed by atoms with Crippen LogP contribution in [0.1, 0.15) is 5.76 Å². The summed E-state index contributed by atoms with van der Waals surface area (Å²) in [6.07, 6.45) is 1.35. The minimum absolute atomic E-state index is 0.233. The third-order valence-electron chi connectivity index (χ3n) is 3.48. The lowest BCUT2D eigenvalue weighted by atomic mass is 10.2. The first-order valence-corrected chi connectivity index (χ1v) is 9.39. The second-order valence-electron chi connectivity index (χ2n) is 5.46. The van der Waals surface area contributed by atoms with Crippen LogP contribution in [0.3, 0.4) is 0 Å². The van der Waals surface area contributed by atoms with Crippen LogP contribution in [0.25, 0.3) is 11.3 Å². The highest BCUT2D eigenvalue weighted by atomic mass is 35.5. The van der Waals surface area contributed by atoms with Crippen molar-refractivity contribution < 1.29 is 13.9 Å². The van der Waals surface area contributed by atoms with E-state index in [4.69, 9.17) is 55.6 Å². The Bertz CT molecular complexity index is 1030. The Kier molecular flexibility index (Phi) is 6.86. The molecule has 0 aliphatic heterocycles. The highest BCUT2D eigenvalue weighted by Gasteiger charge is 2.11. The van der Waals surface area contributed by atoms with Gasteiger partial charge in [0, 0.05) is 5.56 Å². The van der Waals surface area contributed by atoms with Gasteiger partial charge in [-0.3, -0.25) is 4.79 Å². The molecule has 1 amide bonds. The molecule has 0 saturated heterocycles. The first-order valence-electron chi connectivity index (χ1n) is 7.88. The number of carbonyl (C=O) groups is 1. The van der Waals surface area contributed by atoms with Gasteiger partial charge >= 0.3 is 0 Å². The molecular formula is C19H12Cl4N2O3. The van der Waals surface area contributed by atoms with Crippen molar-refractivity contribution in [3.8, 4) is 17.1 Å². The van der Waals surface area contributed by atoms with E-state index in [1.54, 1.807) is 42.5 Å². The molecule has 2 aromatic carbocycles. The van der Waals surface area contributed by atoms with Crippen molar-refractivity contribution in [2.75, 3.05) is 6.61 Å². The number of carbonyl (C=O) groups excluding carboxylic acids is 1. The molecule has 144 valence electrons. The number of furan rings is 1. The maximum atomic E-state index is 11.8. The molecule has 9 heteroatoms. The van der Waals surface area contributed by atoms with E-state index in [9.17, 15) is 4.79 Å². The van der Waals surface area contributed by atoms with Crippen LogP contribution in [0, 0.1) is 0 Å². The van der Waals surface area contributed by atoms with Gasteiger partial charge in [-0.1, -0.05) is 58.5 Å². The molecule has 3 rings (SSSR count). The highest BCUT2D eigenvalue weighted by molar-refractivity contribution is 6.44. The third kappa shape index (κ3) is 5.20. The van der Waals surface area contributed by atoms with Crippen molar-refractivity contribution in [3.63, 3.8) is 0 Å². The fraction of sp³-hybridized carbons (Fsp3) is 0.0526. The minimum Gasteiger partial charge on any atom is -0.482 e. The average Bonchev–Trinajstić information content (AvgIpc) is 3.12. The summed E-state index contributed by atoms with van der Waals surface area (Å²) in [6, 6.07) is 13.4. The number of nitrogens with one attached hydrogen (secondary N) is 1. The molecule has 0 unspecified atom stereocenters. The fourth-order valence-electron chi connectivity index (χ4n) is 2.18. The van der Waals surface area contributed by atoms with Gasteiger partial charge in [0.1, 0.15) is 17.3 Å². The summed E-state index contributed by atoms with van der Waals surface area (Å²) < 4.78 is 11.0. The number of ether oxygens (including phenoxy) is 1. The molecule has 28 heavy (non-hydrogen) atoms. The predicted molar refractivity (Wildman–Crippen MR) is 112 cm³/mol. The molecule has 0 radical (unpaired) electrons. The van der Waals surface area contributed by atoms with Crippen LogP contribution in [-0.2, 0) is 4.79 Å². The third-order valence-corrected chi connectivity index (χ3v) is 4.83. The molecular weight excluding hydrogens is 446 g/mol. The predicted octanol–water partition coefficient (Wildman–Crippen LogP) is 6.09. The summed E-state index contributed by atoms with van der Waals surface area (Å²) in [6.45, 7) is -0.233. The van der Waals surface area contributed by atoms with Crippen molar-refractivity contribution in [1.29, 1.82) is 0 Å². The maximum absolute atomic E-state index is 11.8. The molecule has 1 N–H and O–H groups in total. The average molecular weight is 458 g/mol. The van der Waals surface area contributed by atoms with Gasteiger partial charge < -0.3 is 9.15 Å². The van der Waals surface area contributed by atoms with Crippen molar-refractivity contribution in [2.24, 2.45) is 5.10 Å². The van der Waals surface area contributed by atoms with E-state index < -0.39 is 5.91 Å². The number of rotatable bonds is 6. The van der Waals surface area contributed by atoms with Gasteiger partial charge in [0.05, 0.1) is 26.3 Å². The first kappa shape index (κ1) is 20.6. The van der Waals surface area contributed by atoms with Crippen LogP contribution >= 0.6 is 46.4 Å². The van der Waals surface area contributed by atoms with E-state index in [1.807, 2.05) is 0 Å². The summed E-state index contributed by atoms with van der Waals surface area (Å²) in [5.74, 6) is 0.857. The monoisotopic (exact) mass is 456 g/mol. The zero-order chi connectivity index (χ0) is 20.1. The van der Waals surface area contributed by atoms with Gasteiger partial charge in [0.25, 0.3) is 5.91 Å². The lowest BCUT2D eigenvalue weighted by molar-refractivity contribution is -0.123. The van der Waals surface area contributed by atoms with Crippen molar-refractivity contribution in [2.45, 2.75) is 0 Å². The normalized spacial score (nSPS) is 11.0. The van der Waals surface area contributed by atoms with E-state index in [0.29, 0.717) is 42.9 Å². The van der Waals surface area contributed by atoms with Crippen LogP contribution in [-0.4, -0.2) is 18.7 Å². The van der Waals surface area contributed by atoms with E-state index >= 15 is 0 Å². The standard InChI is InChI=1S/C19H12Cl4N2O3/c20-13-3-1-2-4-18(13)27-10-19(26)25-24-9-11-5-6-17(28-11)12-7-15(22)16(23)8-14(12)21/h1-9H,10H2,(H,25,26). The molecule has 0 spiro atoms. The van der Waals surface area contributed by atoms with Gasteiger partial charge in [0.2, 0.25) is 0 Å². The molecule has 0 aliphatic rings. The highest BCUT2D eigenvalue weighted by Crippen LogP contribution is 2.35. The zero-order valence-electron chi connectivity index (χ0n) is 14.1. The Morgan fingerprint density at radius 3 is 2.54 bits per heavy atom. The Hall–Kier alpha value is -2.18. The molecule has 0 aliphatic carbocycles. The zero-order valence-corrected chi connectivity index (χ0v) is 17.1. The molecule has 3 aromatic rings. The Balaban J connectivity index is 1.58. The largest absolute Gasteiger partial charge is 0.482 e. The van der Waals surface area contributed by atoms with E-state index in [-0.39, 0.29) is 6.61 Å². The van der Waals surface area contributed by atoms with Gasteiger partial charge in [-0.05, 0) is 36.4 Å². The van der Waals surface area contributed by atoms with Crippen molar-refractivity contribution >= 4 is 58.5 Å². The number of hydrogen-bond acceptors (Lipinski definition) is 4. The van der Waals surface area contributed by atoms with Gasteiger partial charge in [-0.2, -0.15) is 5.10 Å². The van der Waals surface area contributed by atoms with Gasteiger partial charge in [0.15, 0.2) is 6.61 Å². The van der Waals surface area contributed by atoms with Crippen LogP contribution in [0.2, 0.25) is 20.1 Å². The maximum Gasteiger partial charge on any atom is 0.277 e. The van der Waals surface area contributed by atoms with Crippen molar-refractivity contribution in [1.82, 2.24) is 5.43 Å². The Morgan fingerprint density at radius 2 is 1.75 bits per heavy atom. The molecule has 5 nitrogen and oxygen atoms in total. The number of hydrogen-bond donors (Lipinski definition) is 1. The van der Waals surface area contributed by atoms with Crippen molar-refractivity contribution in [3.05, 3.63) is 74.4 Å². The Labute approximate surface area is 180 Å². The SMILES string of the molecule is O=C(COc1ccccc1Cl)NN=Cc1ccc(-c2cc(Cl)c(Cl)cc2Cl)o1. The van der Waals surface area contributed by atoms with Gasteiger partial charge in [-0.25, -0.2) is 5.43 Å². The van der Waals surface area contributed by atoms with E-state index in [1.165, 1.54) is 12.3 Å². The summed E-state index contributed by atoms with van der Waals surface area (Å²) >= 11 is 24.1. The lowest BCUT2D eigenvalue weighted by Crippen LogP contribution is -2.24. The number of hydrazone groups is 1. The number of nitrogens with zero attached hydrogens (tertiary/aromatic N) is 1. The van der Waals surface area contributed by atoms with Crippen LogP contribution in [0.5, 0.6) is 5.75 Å². The number of halogens is 4. The van der Waals surface area contributed by atoms with Crippen LogP contribution in [0.15, 0.2) is 58.0 Å². The van der Waals surface area contributed by atoms with Gasteiger partial charge in [-0.15, -0.1) is 0 Å². The quantitative estimate of drug-likeness (QED) is 0.276. The first-order chi connectivity index (χ1) is 13.4. The second kappa shape index (κ2) is 9.34. The number of para-hydroxylation sites is 1. The smallest absolute Gasteiger partial charge is 0.277 e. The van der Waals surface area contributed by atoms with E-state index in [0.717, 1.165) is 0 Å². The summed E-state index contributed by atoms with van der Waals surface area (Å²) in [7, 11) is 0. The number of amides is 1. The molecule has 1 aromatic heterocycles. The molecule has 0 atom stereocenters. The van der Waals surface area contributed by atoms with Crippen LogP contribution < -0.4 is 10.2 Å². The molecule has 0 fully saturated rings. The van der Waals surface area contributed by atoms with E-state index in [2.05, 4.69) is 10.5 Å². The molecule has 0 saturated carbocycles. The molecule has 1 heterocycles. The lowest BCUT2D eigenvalue weighted by Gasteiger charge is -2.06. The summed E-state index contributed by atoms with van der Waals surface area (Å²) in [4.78, 5) is 11.8. The topological polar surface area (TPSA) is 63.8 Å². The summed E-state index contributed by atoms with van der Waals surface area (Å²) in [5, 5.41) is 5.36. The minimum atomic E-state index is -0.449.